The number of hydrogen-bond acceptors (Lipinski definition) is 4. The Labute approximate surface area is 167 Å². The van der Waals surface area contributed by atoms with E-state index in [0.29, 0.717) is 26.2 Å². The minimum Gasteiger partial charge on any atom is -0.481 e. The number of carboxylic acid groups (broad SMARTS) is 1. The molecule has 1 aromatic heterocycles. The first-order valence-electron chi connectivity index (χ1n) is 10.7. The first-order valence-corrected chi connectivity index (χ1v) is 10.7. The smallest absolute Gasteiger partial charge is 0.308 e. The van der Waals surface area contributed by atoms with Gasteiger partial charge in [-0.25, -0.2) is 4.98 Å². The van der Waals surface area contributed by atoms with E-state index in [1.54, 1.807) is 12.5 Å². The van der Waals surface area contributed by atoms with Crippen molar-refractivity contribution in [3.8, 4) is 0 Å². The molecule has 1 amide bonds. The van der Waals surface area contributed by atoms with Gasteiger partial charge in [-0.15, -0.1) is 0 Å². The Balaban J connectivity index is 1.64. The normalized spacial score (nSPS) is 22.2. The van der Waals surface area contributed by atoms with Crippen molar-refractivity contribution in [3.63, 3.8) is 0 Å². The lowest BCUT2D eigenvalue weighted by atomic mass is 9.70. The Morgan fingerprint density at radius 2 is 1.96 bits per heavy atom. The molecule has 0 aliphatic carbocycles. The largest absolute Gasteiger partial charge is 0.481 e. The van der Waals surface area contributed by atoms with E-state index in [-0.39, 0.29) is 23.2 Å². The number of aromatic nitrogens is 2. The molecule has 7 nitrogen and oxygen atoms in total. The molecular weight excluding hydrogens is 356 g/mol. The molecule has 28 heavy (non-hydrogen) atoms. The predicted octanol–water partition coefficient (Wildman–Crippen LogP) is 2.75. The highest BCUT2D eigenvalue weighted by Crippen LogP contribution is 2.45. The molecular formula is C21H34N4O3. The zero-order valence-electron chi connectivity index (χ0n) is 17.2. The molecule has 7 heteroatoms. The maximum absolute atomic E-state index is 13.0. The second-order valence-electron chi connectivity index (χ2n) is 8.60. The number of hydrogen-bond donors (Lipinski definition) is 2. The lowest BCUT2D eigenvalue weighted by Crippen LogP contribution is -2.49. The van der Waals surface area contributed by atoms with Gasteiger partial charge < -0.3 is 15.0 Å². The molecule has 2 fully saturated rings. The highest BCUT2D eigenvalue weighted by atomic mass is 16.4. The summed E-state index contributed by atoms with van der Waals surface area (Å²) in [5.74, 6) is -0.672. The summed E-state index contributed by atoms with van der Waals surface area (Å²) >= 11 is 0. The lowest BCUT2D eigenvalue weighted by Gasteiger charge is -2.42. The molecule has 3 heterocycles. The fourth-order valence-electron chi connectivity index (χ4n) is 5.17. The van der Waals surface area contributed by atoms with Gasteiger partial charge in [-0.3, -0.25) is 14.5 Å². The SMILES string of the molecule is CCCC(CCC)C(=O)N1CCC2(CC1)CN(Cc1cnc[nH]1)CC2C(=O)O. The summed E-state index contributed by atoms with van der Waals surface area (Å²) in [7, 11) is 0. The molecule has 1 aromatic rings. The van der Waals surface area contributed by atoms with E-state index in [4.69, 9.17) is 0 Å². The van der Waals surface area contributed by atoms with Crippen molar-refractivity contribution in [3.05, 3.63) is 18.2 Å². The summed E-state index contributed by atoms with van der Waals surface area (Å²) in [5.41, 5.74) is 0.781. The van der Waals surface area contributed by atoms with Crippen LogP contribution in [0.2, 0.25) is 0 Å². The van der Waals surface area contributed by atoms with Crippen LogP contribution < -0.4 is 0 Å². The van der Waals surface area contributed by atoms with Crippen LogP contribution in [0.15, 0.2) is 12.5 Å². The highest BCUT2D eigenvalue weighted by Gasteiger charge is 2.51. The maximum atomic E-state index is 13.0. The van der Waals surface area contributed by atoms with Crippen LogP contribution in [0.3, 0.4) is 0 Å². The van der Waals surface area contributed by atoms with Gasteiger partial charge >= 0.3 is 5.97 Å². The van der Waals surface area contributed by atoms with Crippen LogP contribution in [-0.2, 0) is 16.1 Å². The van der Waals surface area contributed by atoms with Gasteiger partial charge in [0.2, 0.25) is 5.91 Å². The molecule has 156 valence electrons. The van der Waals surface area contributed by atoms with Crippen molar-refractivity contribution < 1.29 is 14.7 Å². The standard InChI is InChI=1S/C21H34N4O3/c1-3-5-16(6-4-2)19(26)25-9-7-21(8-10-25)14-24(13-18(21)20(27)28)12-17-11-22-15-23-17/h11,15-16,18H,3-10,12-14H2,1-2H3,(H,22,23)(H,27,28). The van der Waals surface area contributed by atoms with E-state index in [1.165, 1.54) is 0 Å². The van der Waals surface area contributed by atoms with Gasteiger partial charge in [0.25, 0.3) is 0 Å². The van der Waals surface area contributed by atoms with Crippen LogP contribution >= 0.6 is 0 Å². The molecule has 2 aliphatic heterocycles. The zero-order valence-corrected chi connectivity index (χ0v) is 17.2. The Bertz CT molecular complexity index is 647. The first-order chi connectivity index (χ1) is 13.5. The topological polar surface area (TPSA) is 89.5 Å². The molecule has 1 unspecified atom stereocenters. The molecule has 0 bridgehead atoms. The third kappa shape index (κ3) is 4.40. The number of carbonyl (C=O) groups is 2. The highest BCUT2D eigenvalue weighted by molar-refractivity contribution is 5.79. The van der Waals surface area contributed by atoms with Gasteiger partial charge in [0, 0.05) is 55.9 Å². The van der Waals surface area contributed by atoms with Gasteiger partial charge in [0.15, 0.2) is 0 Å². The summed E-state index contributed by atoms with van der Waals surface area (Å²) in [6.45, 7) is 7.67. The number of piperidine rings is 1. The average Bonchev–Trinajstić information content (AvgIpc) is 3.30. The van der Waals surface area contributed by atoms with E-state index >= 15 is 0 Å². The first kappa shape index (κ1) is 20.8. The number of imidazole rings is 1. The van der Waals surface area contributed by atoms with Gasteiger partial charge in [-0.2, -0.15) is 0 Å². The van der Waals surface area contributed by atoms with Gasteiger partial charge in [0.1, 0.15) is 0 Å². The maximum Gasteiger partial charge on any atom is 0.308 e. The third-order valence-corrected chi connectivity index (χ3v) is 6.66. The van der Waals surface area contributed by atoms with Gasteiger partial charge in [-0.1, -0.05) is 26.7 Å². The fraction of sp³-hybridized carbons (Fsp3) is 0.762. The van der Waals surface area contributed by atoms with Crippen molar-refractivity contribution >= 4 is 11.9 Å². The molecule has 0 saturated carbocycles. The van der Waals surface area contributed by atoms with Gasteiger partial charge in [-0.05, 0) is 25.7 Å². The summed E-state index contributed by atoms with van der Waals surface area (Å²) < 4.78 is 0. The number of aromatic amines is 1. The van der Waals surface area contributed by atoms with Crippen LogP contribution in [0.25, 0.3) is 0 Å². The number of H-pyrrole nitrogens is 1. The molecule has 2 aliphatic rings. The number of nitrogens with zero attached hydrogens (tertiary/aromatic N) is 3. The van der Waals surface area contributed by atoms with Crippen molar-refractivity contribution in [1.82, 2.24) is 19.8 Å². The zero-order chi connectivity index (χ0) is 20.1. The molecule has 0 aromatic carbocycles. The van der Waals surface area contributed by atoms with Gasteiger partial charge in [0.05, 0.1) is 12.2 Å². The van der Waals surface area contributed by atoms with E-state index < -0.39 is 5.97 Å². The number of nitrogens with one attached hydrogen (secondary N) is 1. The number of carboxylic acids is 1. The van der Waals surface area contributed by atoms with Crippen LogP contribution in [0.1, 0.15) is 58.1 Å². The van der Waals surface area contributed by atoms with Crippen molar-refractivity contribution in [2.75, 3.05) is 26.2 Å². The molecule has 1 atom stereocenters. The Morgan fingerprint density at radius 1 is 1.29 bits per heavy atom. The van der Waals surface area contributed by atoms with Crippen LogP contribution in [0.4, 0.5) is 0 Å². The average molecular weight is 391 g/mol. The molecule has 2 N–H and O–H groups in total. The number of likely N-dealkylation sites (tertiary alicyclic amines) is 2. The minimum atomic E-state index is -0.707. The number of carbonyl (C=O) groups excluding carboxylic acids is 1. The third-order valence-electron chi connectivity index (χ3n) is 6.66. The summed E-state index contributed by atoms with van der Waals surface area (Å²) in [5, 5.41) is 9.85. The van der Waals surface area contributed by atoms with E-state index in [1.807, 2.05) is 4.90 Å². The Kier molecular flexibility index (Phi) is 6.75. The minimum absolute atomic E-state index is 0.125. The summed E-state index contributed by atoms with van der Waals surface area (Å²) in [6, 6.07) is 0. The van der Waals surface area contributed by atoms with Crippen LogP contribution in [0, 0.1) is 17.3 Å². The second kappa shape index (κ2) is 9.07. The lowest BCUT2D eigenvalue weighted by molar-refractivity contribution is -0.147. The van der Waals surface area contributed by atoms with Crippen molar-refractivity contribution in [2.45, 2.75) is 58.9 Å². The molecule has 0 radical (unpaired) electrons. The van der Waals surface area contributed by atoms with Crippen LogP contribution in [0.5, 0.6) is 0 Å². The second-order valence-corrected chi connectivity index (χ2v) is 8.60. The van der Waals surface area contributed by atoms with E-state index in [0.717, 1.165) is 50.8 Å². The summed E-state index contributed by atoms with van der Waals surface area (Å²) in [6.07, 6.45) is 8.95. The molecule has 3 rings (SSSR count). The quantitative estimate of drug-likeness (QED) is 0.712. The van der Waals surface area contributed by atoms with Crippen LogP contribution in [-0.4, -0.2) is 62.9 Å². The predicted molar refractivity (Wildman–Crippen MR) is 107 cm³/mol. The molecule has 1 spiro atoms. The van der Waals surface area contributed by atoms with E-state index in [2.05, 4.69) is 28.7 Å². The van der Waals surface area contributed by atoms with E-state index in [9.17, 15) is 14.7 Å². The van der Waals surface area contributed by atoms with Crippen molar-refractivity contribution in [1.29, 1.82) is 0 Å². The monoisotopic (exact) mass is 390 g/mol. The number of aliphatic carboxylic acids is 1. The fourth-order valence-corrected chi connectivity index (χ4v) is 5.17. The Hall–Kier alpha value is -1.89. The number of amides is 1. The number of rotatable bonds is 8. The van der Waals surface area contributed by atoms with Crippen molar-refractivity contribution in [2.24, 2.45) is 17.3 Å². The summed E-state index contributed by atoms with van der Waals surface area (Å²) in [4.78, 5) is 36.3. The Morgan fingerprint density at radius 3 is 2.50 bits per heavy atom. The molecule has 2 saturated heterocycles.